The molecule has 0 bridgehead atoms. The first-order valence-electron chi connectivity index (χ1n) is 10.9. The van der Waals surface area contributed by atoms with Gasteiger partial charge in [-0.05, 0) is 29.8 Å². The van der Waals surface area contributed by atoms with Gasteiger partial charge >= 0.3 is 0 Å². The first kappa shape index (κ1) is 20.2. The van der Waals surface area contributed by atoms with Crippen molar-refractivity contribution in [2.45, 2.75) is 6.54 Å². The standard InChI is InChI=1S/C26H25N5O/c32-26(30-17-15-29(16-18-30)19-21-11-13-27-14-12-21)24-20-31(23-9-5-2-6-10-23)28-25(24)22-7-3-1-4-8-22/h1-14,20H,15-19H2. The molecular formula is C26H25N5O. The van der Waals surface area contributed by atoms with E-state index in [1.54, 1.807) is 4.68 Å². The van der Waals surface area contributed by atoms with Crippen molar-refractivity contribution in [3.63, 3.8) is 0 Å². The van der Waals surface area contributed by atoms with E-state index in [0.29, 0.717) is 18.7 Å². The average Bonchev–Trinajstić information content (AvgIpc) is 3.31. The second-order valence-corrected chi connectivity index (χ2v) is 7.96. The zero-order valence-electron chi connectivity index (χ0n) is 17.8. The van der Waals surface area contributed by atoms with Crippen molar-refractivity contribution < 1.29 is 4.79 Å². The lowest BCUT2D eigenvalue weighted by Crippen LogP contribution is -2.48. The van der Waals surface area contributed by atoms with E-state index < -0.39 is 0 Å². The molecule has 0 N–H and O–H groups in total. The van der Waals surface area contributed by atoms with Gasteiger partial charge in [0.1, 0.15) is 5.69 Å². The highest BCUT2D eigenvalue weighted by atomic mass is 16.2. The predicted molar refractivity (Wildman–Crippen MR) is 124 cm³/mol. The molecule has 0 spiro atoms. The molecule has 1 fully saturated rings. The first-order valence-corrected chi connectivity index (χ1v) is 10.9. The van der Waals surface area contributed by atoms with Crippen LogP contribution in [0, 0.1) is 0 Å². The summed E-state index contributed by atoms with van der Waals surface area (Å²) in [5, 5.41) is 4.79. The molecule has 4 aromatic rings. The lowest BCUT2D eigenvalue weighted by Gasteiger charge is -2.34. The van der Waals surface area contributed by atoms with E-state index in [1.807, 2.05) is 96.3 Å². The SMILES string of the molecule is O=C(c1cn(-c2ccccc2)nc1-c1ccccc1)N1CCN(Cc2ccncc2)CC1. The average molecular weight is 424 g/mol. The highest BCUT2D eigenvalue weighted by Crippen LogP contribution is 2.25. The van der Waals surface area contributed by atoms with Gasteiger partial charge in [0.15, 0.2) is 0 Å². The van der Waals surface area contributed by atoms with E-state index in [-0.39, 0.29) is 5.91 Å². The molecule has 3 heterocycles. The second kappa shape index (κ2) is 9.16. The van der Waals surface area contributed by atoms with Crippen LogP contribution in [-0.2, 0) is 6.54 Å². The number of rotatable bonds is 5. The summed E-state index contributed by atoms with van der Waals surface area (Å²) >= 11 is 0. The van der Waals surface area contributed by atoms with Gasteiger partial charge in [-0.25, -0.2) is 4.68 Å². The molecule has 1 amide bonds. The van der Waals surface area contributed by atoms with Crippen molar-refractivity contribution in [3.8, 4) is 16.9 Å². The summed E-state index contributed by atoms with van der Waals surface area (Å²) in [4.78, 5) is 22.0. The number of para-hydroxylation sites is 1. The number of carbonyl (C=O) groups excluding carboxylic acids is 1. The minimum Gasteiger partial charge on any atom is -0.336 e. The van der Waals surface area contributed by atoms with Crippen LogP contribution in [-0.4, -0.2) is 56.7 Å². The molecular weight excluding hydrogens is 398 g/mol. The number of piperazine rings is 1. The van der Waals surface area contributed by atoms with Crippen LogP contribution in [0.2, 0.25) is 0 Å². The van der Waals surface area contributed by atoms with Gasteiger partial charge in [-0.3, -0.25) is 14.7 Å². The smallest absolute Gasteiger partial charge is 0.257 e. The molecule has 2 aromatic carbocycles. The largest absolute Gasteiger partial charge is 0.336 e. The number of hydrogen-bond donors (Lipinski definition) is 0. The number of hydrogen-bond acceptors (Lipinski definition) is 4. The molecule has 5 rings (SSSR count). The third kappa shape index (κ3) is 4.31. The van der Waals surface area contributed by atoms with Gasteiger partial charge in [0.05, 0.1) is 11.3 Å². The molecule has 0 unspecified atom stereocenters. The third-order valence-corrected chi connectivity index (χ3v) is 5.83. The third-order valence-electron chi connectivity index (χ3n) is 5.83. The summed E-state index contributed by atoms with van der Waals surface area (Å²) in [6.45, 7) is 3.98. The summed E-state index contributed by atoms with van der Waals surface area (Å²) in [6.07, 6.45) is 5.51. The Morgan fingerprint density at radius 1 is 0.812 bits per heavy atom. The second-order valence-electron chi connectivity index (χ2n) is 7.96. The van der Waals surface area contributed by atoms with Crippen molar-refractivity contribution in [1.29, 1.82) is 0 Å². The maximum atomic E-state index is 13.5. The Hall–Kier alpha value is -3.77. The number of nitrogens with zero attached hydrogens (tertiary/aromatic N) is 5. The fourth-order valence-electron chi connectivity index (χ4n) is 4.08. The van der Waals surface area contributed by atoms with Crippen LogP contribution in [0.1, 0.15) is 15.9 Å². The van der Waals surface area contributed by atoms with Gasteiger partial charge in [0.2, 0.25) is 0 Å². The molecule has 0 saturated carbocycles. The zero-order valence-corrected chi connectivity index (χ0v) is 17.8. The highest BCUT2D eigenvalue weighted by Gasteiger charge is 2.26. The monoisotopic (exact) mass is 423 g/mol. The Morgan fingerprint density at radius 2 is 1.47 bits per heavy atom. The molecule has 1 saturated heterocycles. The van der Waals surface area contributed by atoms with Crippen LogP contribution in [0.15, 0.2) is 91.4 Å². The van der Waals surface area contributed by atoms with Crippen molar-refractivity contribution in [1.82, 2.24) is 24.6 Å². The summed E-state index contributed by atoms with van der Waals surface area (Å²) in [5.74, 6) is 0.0367. The van der Waals surface area contributed by atoms with E-state index in [1.165, 1.54) is 5.56 Å². The molecule has 6 nitrogen and oxygen atoms in total. The molecule has 2 aromatic heterocycles. The Morgan fingerprint density at radius 3 is 2.16 bits per heavy atom. The number of benzene rings is 2. The quantitative estimate of drug-likeness (QED) is 0.489. The van der Waals surface area contributed by atoms with Crippen LogP contribution in [0.3, 0.4) is 0 Å². The maximum absolute atomic E-state index is 13.5. The number of pyridine rings is 1. The Balaban J connectivity index is 1.37. The molecule has 0 aliphatic carbocycles. The highest BCUT2D eigenvalue weighted by molar-refractivity contribution is 6.00. The first-order chi connectivity index (χ1) is 15.8. The summed E-state index contributed by atoms with van der Waals surface area (Å²) in [5.41, 5.74) is 4.49. The fourth-order valence-corrected chi connectivity index (χ4v) is 4.08. The van der Waals surface area contributed by atoms with Crippen LogP contribution in [0.4, 0.5) is 0 Å². The Bertz CT molecular complexity index is 1170. The topological polar surface area (TPSA) is 54.3 Å². The van der Waals surface area contributed by atoms with Gasteiger partial charge in [-0.15, -0.1) is 0 Å². The van der Waals surface area contributed by atoms with Crippen LogP contribution < -0.4 is 0 Å². The molecule has 32 heavy (non-hydrogen) atoms. The fraction of sp³-hybridized carbons (Fsp3) is 0.192. The molecule has 160 valence electrons. The van der Waals surface area contributed by atoms with Crippen LogP contribution in [0.25, 0.3) is 16.9 Å². The predicted octanol–water partition coefficient (Wildman–Crippen LogP) is 3.89. The normalized spacial score (nSPS) is 14.4. The molecule has 1 aliphatic heterocycles. The van der Waals surface area contributed by atoms with Crippen molar-refractivity contribution in [2.75, 3.05) is 26.2 Å². The van der Waals surface area contributed by atoms with Gasteiger partial charge in [0, 0.05) is 56.9 Å². The maximum Gasteiger partial charge on any atom is 0.257 e. The number of aromatic nitrogens is 3. The van der Waals surface area contributed by atoms with Crippen LogP contribution >= 0.6 is 0 Å². The minimum absolute atomic E-state index is 0.0367. The lowest BCUT2D eigenvalue weighted by atomic mass is 10.1. The van der Waals surface area contributed by atoms with Crippen LogP contribution in [0.5, 0.6) is 0 Å². The van der Waals surface area contributed by atoms with Crippen molar-refractivity contribution >= 4 is 5.91 Å². The van der Waals surface area contributed by atoms with E-state index in [0.717, 1.165) is 36.6 Å². The number of carbonyl (C=O) groups is 1. The van der Waals surface area contributed by atoms with E-state index in [2.05, 4.69) is 9.88 Å². The molecule has 6 heteroatoms. The van der Waals surface area contributed by atoms with Gasteiger partial charge in [-0.1, -0.05) is 48.5 Å². The zero-order chi connectivity index (χ0) is 21.8. The van der Waals surface area contributed by atoms with E-state index >= 15 is 0 Å². The minimum atomic E-state index is 0.0367. The molecule has 1 aliphatic rings. The van der Waals surface area contributed by atoms with E-state index in [9.17, 15) is 4.79 Å². The van der Waals surface area contributed by atoms with Crippen molar-refractivity contribution in [2.24, 2.45) is 0 Å². The van der Waals surface area contributed by atoms with Crippen molar-refractivity contribution in [3.05, 3.63) is 103 Å². The Labute approximate surface area is 187 Å². The van der Waals surface area contributed by atoms with Gasteiger partial charge < -0.3 is 4.90 Å². The lowest BCUT2D eigenvalue weighted by molar-refractivity contribution is 0.0629. The van der Waals surface area contributed by atoms with Gasteiger partial charge in [0.25, 0.3) is 5.91 Å². The van der Waals surface area contributed by atoms with E-state index in [4.69, 9.17) is 5.10 Å². The van der Waals surface area contributed by atoms with Gasteiger partial charge in [-0.2, -0.15) is 5.10 Å². The summed E-state index contributed by atoms with van der Waals surface area (Å²) in [7, 11) is 0. The molecule has 0 atom stereocenters. The summed E-state index contributed by atoms with van der Waals surface area (Å²) in [6, 6.07) is 23.9. The summed E-state index contributed by atoms with van der Waals surface area (Å²) < 4.78 is 1.80. The molecule has 0 radical (unpaired) electrons. The number of amides is 1. The Kier molecular flexibility index (Phi) is 5.77.